The maximum Gasteiger partial charge on any atom is 0.179 e. The van der Waals surface area contributed by atoms with Crippen LogP contribution in [-0.2, 0) is 0 Å². The first kappa shape index (κ1) is 11.7. The minimum absolute atomic E-state index is 0.246. The molecular weight excluding hydrogens is 242 g/mol. The Morgan fingerprint density at radius 3 is 3.00 bits per heavy atom. The van der Waals surface area contributed by atoms with Crippen molar-refractivity contribution < 1.29 is 4.79 Å². The van der Waals surface area contributed by atoms with E-state index < -0.39 is 0 Å². The lowest BCUT2D eigenvalue weighted by molar-refractivity contribution is 0.0950. The summed E-state index contributed by atoms with van der Waals surface area (Å²) in [6, 6.07) is 9.68. The number of ketones is 1. The summed E-state index contributed by atoms with van der Waals surface area (Å²) < 4.78 is -0.246. The number of carbonyl (C=O) groups is 1. The van der Waals surface area contributed by atoms with E-state index in [-0.39, 0.29) is 10.5 Å². The molecule has 0 bridgehead atoms. The number of aromatic nitrogens is 1. The minimum Gasteiger partial charge on any atom is -0.293 e. The molecule has 1 aliphatic rings. The molecule has 1 aromatic carbocycles. The topological polar surface area (TPSA) is 30.0 Å². The molecule has 92 valence electrons. The van der Waals surface area contributed by atoms with Gasteiger partial charge in [0.05, 0.1) is 10.3 Å². The Hall–Kier alpha value is -1.35. The van der Waals surface area contributed by atoms with Gasteiger partial charge in [-0.1, -0.05) is 18.2 Å². The van der Waals surface area contributed by atoms with Crippen molar-refractivity contribution in [3.63, 3.8) is 0 Å². The quantitative estimate of drug-likeness (QED) is 0.768. The van der Waals surface area contributed by atoms with Gasteiger partial charge in [0.25, 0.3) is 0 Å². The molecule has 0 radical (unpaired) electrons. The second kappa shape index (κ2) is 4.39. The molecule has 1 aliphatic heterocycles. The third kappa shape index (κ3) is 1.83. The number of fused-ring (bicyclic) bond motifs is 1. The van der Waals surface area contributed by atoms with E-state index in [0.29, 0.717) is 0 Å². The standard InChI is InChI=1S/C15H15NOS/c1-15(8-4-10-18-15)14(17)12-5-2-7-13-11(12)6-3-9-16-13/h2-3,5-7,9H,4,8,10H2,1H3. The van der Waals surface area contributed by atoms with E-state index in [2.05, 4.69) is 11.9 Å². The molecule has 3 heteroatoms. The number of hydrogen-bond donors (Lipinski definition) is 0. The largest absolute Gasteiger partial charge is 0.293 e. The zero-order valence-corrected chi connectivity index (χ0v) is 11.2. The normalized spacial score (nSPS) is 23.4. The highest BCUT2D eigenvalue weighted by Gasteiger charge is 2.38. The van der Waals surface area contributed by atoms with Gasteiger partial charge in [-0.3, -0.25) is 9.78 Å². The number of nitrogens with zero attached hydrogens (tertiary/aromatic N) is 1. The Morgan fingerprint density at radius 2 is 2.22 bits per heavy atom. The van der Waals surface area contributed by atoms with Crippen LogP contribution < -0.4 is 0 Å². The lowest BCUT2D eigenvalue weighted by Gasteiger charge is -2.21. The maximum atomic E-state index is 12.7. The van der Waals surface area contributed by atoms with E-state index in [9.17, 15) is 4.79 Å². The van der Waals surface area contributed by atoms with E-state index in [1.165, 1.54) is 0 Å². The van der Waals surface area contributed by atoms with Crippen LogP contribution in [-0.4, -0.2) is 21.3 Å². The molecule has 2 heterocycles. The second-order valence-corrected chi connectivity index (χ2v) is 6.49. The Kier molecular flexibility index (Phi) is 2.86. The summed E-state index contributed by atoms with van der Waals surface area (Å²) in [5.41, 5.74) is 1.72. The fourth-order valence-electron chi connectivity index (χ4n) is 2.54. The van der Waals surface area contributed by atoms with Crippen molar-refractivity contribution in [3.05, 3.63) is 42.1 Å². The Balaban J connectivity index is 2.12. The Morgan fingerprint density at radius 1 is 1.33 bits per heavy atom. The summed E-state index contributed by atoms with van der Waals surface area (Å²) in [6.45, 7) is 2.07. The zero-order chi connectivity index (χ0) is 12.6. The number of Topliss-reactive ketones (excluding diaryl/α,β-unsaturated/α-hetero) is 1. The van der Waals surface area contributed by atoms with Gasteiger partial charge >= 0.3 is 0 Å². The van der Waals surface area contributed by atoms with Crippen molar-refractivity contribution in [2.45, 2.75) is 24.5 Å². The van der Waals surface area contributed by atoms with Crippen LogP contribution in [0.4, 0.5) is 0 Å². The van der Waals surface area contributed by atoms with Crippen molar-refractivity contribution in [1.29, 1.82) is 0 Å². The molecular formula is C15H15NOS. The maximum absolute atomic E-state index is 12.7. The number of hydrogen-bond acceptors (Lipinski definition) is 3. The fraction of sp³-hybridized carbons (Fsp3) is 0.333. The van der Waals surface area contributed by atoms with Gasteiger partial charge in [0.15, 0.2) is 5.78 Å². The van der Waals surface area contributed by atoms with Crippen molar-refractivity contribution in [2.75, 3.05) is 5.75 Å². The molecule has 0 N–H and O–H groups in total. The van der Waals surface area contributed by atoms with Crippen molar-refractivity contribution in [2.24, 2.45) is 0 Å². The van der Waals surface area contributed by atoms with Gasteiger partial charge < -0.3 is 0 Å². The summed E-state index contributed by atoms with van der Waals surface area (Å²) in [7, 11) is 0. The van der Waals surface area contributed by atoms with Crippen LogP contribution in [0.2, 0.25) is 0 Å². The minimum atomic E-state index is -0.246. The molecule has 1 aromatic heterocycles. The molecule has 1 saturated heterocycles. The summed E-state index contributed by atoms with van der Waals surface area (Å²) in [5.74, 6) is 1.34. The van der Waals surface area contributed by atoms with Crippen LogP contribution >= 0.6 is 11.8 Å². The third-order valence-electron chi connectivity index (χ3n) is 3.59. The highest BCUT2D eigenvalue weighted by atomic mass is 32.2. The highest BCUT2D eigenvalue weighted by Crippen LogP contribution is 2.41. The van der Waals surface area contributed by atoms with Gasteiger partial charge in [-0.05, 0) is 37.7 Å². The van der Waals surface area contributed by atoms with E-state index in [4.69, 9.17) is 0 Å². The smallest absolute Gasteiger partial charge is 0.179 e. The van der Waals surface area contributed by atoms with E-state index >= 15 is 0 Å². The molecule has 0 spiro atoms. The summed E-state index contributed by atoms with van der Waals surface area (Å²) in [6.07, 6.45) is 3.88. The SMILES string of the molecule is CC1(C(=O)c2cccc3ncccc23)CCCS1. The van der Waals surface area contributed by atoms with Gasteiger partial charge in [-0.15, -0.1) is 11.8 Å². The number of rotatable bonds is 2. The van der Waals surface area contributed by atoms with Gasteiger partial charge in [0, 0.05) is 17.1 Å². The number of benzene rings is 1. The molecule has 1 unspecified atom stereocenters. The third-order valence-corrected chi connectivity index (χ3v) is 5.11. The van der Waals surface area contributed by atoms with Crippen LogP contribution in [0.3, 0.4) is 0 Å². The van der Waals surface area contributed by atoms with Crippen LogP contribution in [0.5, 0.6) is 0 Å². The van der Waals surface area contributed by atoms with Crippen LogP contribution in [0.1, 0.15) is 30.1 Å². The molecule has 2 nitrogen and oxygen atoms in total. The van der Waals surface area contributed by atoms with Crippen LogP contribution in [0.15, 0.2) is 36.5 Å². The molecule has 0 amide bonds. The molecule has 0 aliphatic carbocycles. The van der Waals surface area contributed by atoms with Crippen molar-refractivity contribution in [1.82, 2.24) is 4.98 Å². The monoisotopic (exact) mass is 257 g/mol. The lowest BCUT2D eigenvalue weighted by Crippen LogP contribution is -2.28. The second-order valence-electron chi connectivity index (χ2n) is 4.89. The van der Waals surface area contributed by atoms with Gasteiger partial charge in [-0.2, -0.15) is 0 Å². The predicted molar refractivity (Wildman–Crippen MR) is 76.2 cm³/mol. The molecule has 3 rings (SSSR count). The molecule has 18 heavy (non-hydrogen) atoms. The predicted octanol–water partition coefficient (Wildman–Crippen LogP) is 3.70. The van der Waals surface area contributed by atoms with Crippen LogP contribution in [0.25, 0.3) is 10.9 Å². The summed E-state index contributed by atoms with van der Waals surface area (Å²) in [5, 5.41) is 0.971. The van der Waals surface area contributed by atoms with Gasteiger partial charge in [0.1, 0.15) is 0 Å². The number of thioether (sulfide) groups is 1. The Labute approximate surface area is 111 Å². The molecule has 1 atom stereocenters. The Bertz CT molecular complexity index is 597. The number of carbonyl (C=O) groups excluding carboxylic acids is 1. The zero-order valence-electron chi connectivity index (χ0n) is 10.3. The highest BCUT2D eigenvalue weighted by molar-refractivity contribution is 8.01. The van der Waals surface area contributed by atoms with Crippen molar-refractivity contribution in [3.8, 4) is 0 Å². The average Bonchev–Trinajstić information content (AvgIpc) is 2.85. The van der Waals surface area contributed by atoms with Crippen molar-refractivity contribution >= 4 is 28.4 Å². The van der Waals surface area contributed by atoms with E-state index in [1.54, 1.807) is 18.0 Å². The fourth-order valence-corrected chi connectivity index (χ4v) is 3.81. The average molecular weight is 257 g/mol. The summed E-state index contributed by atoms with van der Waals surface area (Å²) in [4.78, 5) is 17.0. The first-order valence-electron chi connectivity index (χ1n) is 6.23. The molecule has 1 fully saturated rings. The first-order valence-corrected chi connectivity index (χ1v) is 7.22. The molecule has 0 saturated carbocycles. The first-order chi connectivity index (χ1) is 8.71. The lowest BCUT2D eigenvalue weighted by atomic mass is 9.92. The van der Waals surface area contributed by atoms with Gasteiger partial charge in [0.2, 0.25) is 0 Å². The van der Waals surface area contributed by atoms with E-state index in [0.717, 1.165) is 35.1 Å². The van der Waals surface area contributed by atoms with Crippen LogP contribution in [0, 0.1) is 0 Å². The van der Waals surface area contributed by atoms with E-state index in [1.807, 2.05) is 30.3 Å². The number of pyridine rings is 1. The summed E-state index contributed by atoms with van der Waals surface area (Å²) >= 11 is 1.79. The van der Waals surface area contributed by atoms with Gasteiger partial charge in [-0.25, -0.2) is 0 Å². The molecule has 2 aromatic rings.